The number of fused-ring (bicyclic) bond motifs is 1. The number of nitrogens with zero attached hydrogens (tertiary/aromatic N) is 2. The molecule has 3 rings (SSSR count). The summed E-state index contributed by atoms with van der Waals surface area (Å²) in [5.74, 6) is -1.60. The van der Waals surface area contributed by atoms with Crippen LogP contribution in [0.2, 0.25) is 0 Å². The number of aromatic nitrogens is 2. The van der Waals surface area contributed by atoms with Crippen LogP contribution >= 0.6 is 0 Å². The van der Waals surface area contributed by atoms with Gasteiger partial charge in [0.05, 0.1) is 5.69 Å². The molecular weight excluding hydrogens is 294 g/mol. The summed E-state index contributed by atoms with van der Waals surface area (Å²) in [5, 5.41) is 13.1. The first-order chi connectivity index (χ1) is 11.1. The SMILES string of the molecule is O=C([O-])CCC(=O)Nc1cccc(-c2cn3ccccc3n2)c1. The Morgan fingerprint density at radius 3 is 2.78 bits per heavy atom. The fraction of sp³-hybridized carbons (Fsp3) is 0.118. The summed E-state index contributed by atoms with van der Waals surface area (Å²) in [6, 6.07) is 13.0. The number of carbonyl (C=O) groups excluding carboxylic acids is 2. The molecular formula is C17H14N3O3-. The number of hydrogen-bond donors (Lipinski definition) is 1. The first-order valence-corrected chi connectivity index (χ1v) is 7.16. The Bertz CT molecular complexity index is 837. The molecule has 0 fully saturated rings. The van der Waals surface area contributed by atoms with Crippen molar-refractivity contribution in [3.05, 3.63) is 54.9 Å². The number of carbonyl (C=O) groups is 2. The molecule has 1 aromatic carbocycles. The zero-order valence-corrected chi connectivity index (χ0v) is 12.2. The normalized spacial score (nSPS) is 10.6. The van der Waals surface area contributed by atoms with Crippen LogP contribution in [-0.2, 0) is 9.59 Å². The Morgan fingerprint density at radius 1 is 1.13 bits per heavy atom. The quantitative estimate of drug-likeness (QED) is 0.773. The molecule has 0 aliphatic carbocycles. The monoisotopic (exact) mass is 308 g/mol. The van der Waals surface area contributed by atoms with Gasteiger partial charge in [0.15, 0.2) is 0 Å². The molecule has 6 heteroatoms. The average Bonchev–Trinajstić information content (AvgIpc) is 2.97. The number of carboxylic acids is 1. The molecule has 3 aromatic rings. The minimum Gasteiger partial charge on any atom is -0.550 e. The Kier molecular flexibility index (Phi) is 4.05. The fourth-order valence-corrected chi connectivity index (χ4v) is 2.27. The molecule has 2 aromatic heterocycles. The molecule has 116 valence electrons. The number of benzene rings is 1. The lowest BCUT2D eigenvalue weighted by atomic mass is 10.1. The minimum atomic E-state index is -1.24. The molecule has 0 aliphatic rings. The number of pyridine rings is 1. The molecule has 6 nitrogen and oxygen atoms in total. The van der Waals surface area contributed by atoms with Crippen molar-refractivity contribution in [3.8, 4) is 11.3 Å². The highest BCUT2D eigenvalue weighted by Crippen LogP contribution is 2.22. The second kappa shape index (κ2) is 6.31. The first kappa shape index (κ1) is 14.8. The van der Waals surface area contributed by atoms with Crippen LogP contribution in [0.4, 0.5) is 5.69 Å². The summed E-state index contributed by atoms with van der Waals surface area (Å²) in [7, 11) is 0. The molecule has 1 N–H and O–H groups in total. The number of imidazole rings is 1. The molecule has 0 atom stereocenters. The molecule has 0 radical (unpaired) electrons. The van der Waals surface area contributed by atoms with Crippen molar-refractivity contribution in [3.63, 3.8) is 0 Å². The average molecular weight is 308 g/mol. The van der Waals surface area contributed by atoms with Gasteiger partial charge in [0.2, 0.25) is 5.91 Å². The second-order valence-electron chi connectivity index (χ2n) is 5.09. The lowest BCUT2D eigenvalue weighted by molar-refractivity contribution is -0.305. The molecule has 0 unspecified atom stereocenters. The van der Waals surface area contributed by atoms with Crippen LogP contribution in [0, 0.1) is 0 Å². The Morgan fingerprint density at radius 2 is 2.00 bits per heavy atom. The summed E-state index contributed by atoms with van der Waals surface area (Å²) in [6.07, 6.45) is 3.42. The smallest absolute Gasteiger partial charge is 0.224 e. The summed E-state index contributed by atoms with van der Waals surface area (Å²) >= 11 is 0. The zero-order valence-electron chi connectivity index (χ0n) is 12.2. The zero-order chi connectivity index (χ0) is 16.2. The summed E-state index contributed by atoms with van der Waals surface area (Å²) < 4.78 is 1.92. The first-order valence-electron chi connectivity index (χ1n) is 7.16. The van der Waals surface area contributed by atoms with Crippen molar-refractivity contribution in [1.82, 2.24) is 9.38 Å². The van der Waals surface area contributed by atoms with Crippen molar-refractivity contribution in [1.29, 1.82) is 0 Å². The molecule has 0 saturated heterocycles. The van der Waals surface area contributed by atoms with Gasteiger partial charge in [0.25, 0.3) is 0 Å². The van der Waals surface area contributed by atoms with Crippen LogP contribution in [0.15, 0.2) is 54.9 Å². The molecule has 1 amide bonds. The van der Waals surface area contributed by atoms with Crippen LogP contribution < -0.4 is 10.4 Å². The van der Waals surface area contributed by atoms with Crippen LogP contribution in [-0.4, -0.2) is 21.3 Å². The van der Waals surface area contributed by atoms with E-state index < -0.39 is 5.97 Å². The maximum Gasteiger partial charge on any atom is 0.224 e. The number of rotatable bonds is 5. The number of anilines is 1. The third-order valence-electron chi connectivity index (χ3n) is 3.36. The Balaban J connectivity index is 1.79. The van der Waals surface area contributed by atoms with Crippen LogP contribution in [0.5, 0.6) is 0 Å². The van der Waals surface area contributed by atoms with Gasteiger partial charge in [0, 0.05) is 36.0 Å². The van der Waals surface area contributed by atoms with Gasteiger partial charge in [-0.1, -0.05) is 18.2 Å². The van der Waals surface area contributed by atoms with E-state index in [9.17, 15) is 14.7 Å². The van der Waals surface area contributed by atoms with Gasteiger partial charge in [-0.2, -0.15) is 0 Å². The van der Waals surface area contributed by atoms with Crippen molar-refractivity contribution in [2.75, 3.05) is 5.32 Å². The number of nitrogens with one attached hydrogen (secondary N) is 1. The van der Waals surface area contributed by atoms with Gasteiger partial charge in [-0.05, 0) is 30.7 Å². The van der Waals surface area contributed by atoms with E-state index in [-0.39, 0.29) is 18.7 Å². The highest BCUT2D eigenvalue weighted by Gasteiger charge is 2.07. The van der Waals surface area contributed by atoms with Crippen LogP contribution in [0.1, 0.15) is 12.8 Å². The highest BCUT2D eigenvalue weighted by molar-refractivity contribution is 5.92. The molecule has 0 saturated carbocycles. The number of carboxylic acid groups (broad SMARTS) is 1. The largest absolute Gasteiger partial charge is 0.550 e. The fourth-order valence-electron chi connectivity index (χ4n) is 2.27. The highest BCUT2D eigenvalue weighted by atomic mass is 16.4. The van der Waals surface area contributed by atoms with Crippen LogP contribution in [0.3, 0.4) is 0 Å². The molecule has 0 spiro atoms. The van der Waals surface area contributed by atoms with Gasteiger partial charge >= 0.3 is 0 Å². The van der Waals surface area contributed by atoms with E-state index in [0.29, 0.717) is 5.69 Å². The summed E-state index contributed by atoms with van der Waals surface area (Å²) in [6.45, 7) is 0. The maximum absolute atomic E-state index is 11.7. The minimum absolute atomic E-state index is 0.110. The Labute approximate surface area is 132 Å². The van der Waals surface area contributed by atoms with E-state index in [1.807, 2.05) is 47.1 Å². The Hall–Kier alpha value is -3.15. The standard InChI is InChI=1S/C17H15N3O3/c21-16(7-8-17(22)23)18-13-5-3-4-12(10-13)14-11-20-9-2-1-6-15(20)19-14/h1-6,9-11H,7-8H2,(H,18,21)(H,22,23)/p-1. The van der Waals surface area contributed by atoms with Gasteiger partial charge < -0.3 is 19.6 Å². The molecule has 23 heavy (non-hydrogen) atoms. The number of amides is 1. The topological polar surface area (TPSA) is 86.5 Å². The van der Waals surface area contributed by atoms with Crippen molar-refractivity contribution in [2.45, 2.75) is 12.8 Å². The van der Waals surface area contributed by atoms with Crippen molar-refractivity contribution in [2.24, 2.45) is 0 Å². The van der Waals surface area contributed by atoms with E-state index in [1.54, 1.807) is 12.1 Å². The van der Waals surface area contributed by atoms with E-state index in [0.717, 1.165) is 16.9 Å². The van der Waals surface area contributed by atoms with Crippen molar-refractivity contribution < 1.29 is 14.7 Å². The van der Waals surface area contributed by atoms with E-state index in [4.69, 9.17) is 0 Å². The molecule has 0 aliphatic heterocycles. The third kappa shape index (κ3) is 3.55. The summed E-state index contributed by atoms with van der Waals surface area (Å²) in [5.41, 5.74) is 3.10. The van der Waals surface area contributed by atoms with Gasteiger partial charge in [-0.15, -0.1) is 0 Å². The van der Waals surface area contributed by atoms with E-state index in [1.165, 1.54) is 0 Å². The van der Waals surface area contributed by atoms with Crippen LogP contribution in [0.25, 0.3) is 16.9 Å². The second-order valence-corrected chi connectivity index (χ2v) is 5.09. The van der Waals surface area contributed by atoms with E-state index >= 15 is 0 Å². The molecule has 0 bridgehead atoms. The van der Waals surface area contributed by atoms with Crippen molar-refractivity contribution >= 4 is 23.2 Å². The lowest BCUT2D eigenvalue weighted by Gasteiger charge is -2.07. The lowest BCUT2D eigenvalue weighted by Crippen LogP contribution is -2.24. The third-order valence-corrected chi connectivity index (χ3v) is 3.36. The van der Waals surface area contributed by atoms with Gasteiger partial charge in [0.1, 0.15) is 5.65 Å². The maximum atomic E-state index is 11.7. The number of hydrogen-bond acceptors (Lipinski definition) is 4. The van der Waals surface area contributed by atoms with Gasteiger partial charge in [-0.25, -0.2) is 4.98 Å². The van der Waals surface area contributed by atoms with Gasteiger partial charge in [-0.3, -0.25) is 4.79 Å². The number of aliphatic carboxylic acids is 1. The predicted molar refractivity (Wildman–Crippen MR) is 83.5 cm³/mol. The van der Waals surface area contributed by atoms with E-state index in [2.05, 4.69) is 10.3 Å². The molecule has 2 heterocycles. The summed E-state index contributed by atoms with van der Waals surface area (Å²) in [4.78, 5) is 26.6. The predicted octanol–water partition coefficient (Wildman–Crippen LogP) is 1.47.